The molecule has 1 atom stereocenters. The van der Waals surface area contributed by atoms with Gasteiger partial charge < -0.3 is 10.5 Å². The first-order valence-electron chi connectivity index (χ1n) is 5.29. The molecule has 0 amide bonds. The third-order valence-electron chi connectivity index (χ3n) is 2.10. The van der Waals surface area contributed by atoms with Crippen LogP contribution in [0.5, 0.6) is 0 Å². The average molecular weight is 239 g/mol. The molecule has 0 saturated heterocycles. The van der Waals surface area contributed by atoms with Crippen LogP contribution in [0.4, 0.5) is 5.69 Å². The molecule has 0 aliphatic carbocycles. The number of rotatable bonds is 5. The second-order valence-electron chi connectivity index (χ2n) is 3.50. The minimum absolute atomic E-state index is 0.107. The van der Waals surface area contributed by atoms with Gasteiger partial charge >= 0.3 is 5.97 Å². The number of carbonyl (C=O) groups excluding carboxylic acids is 1. The Hall–Kier alpha value is -1.16. The molecule has 3 nitrogen and oxygen atoms in total. The van der Waals surface area contributed by atoms with E-state index in [2.05, 4.69) is 0 Å². The van der Waals surface area contributed by atoms with Crippen LogP contribution in [0.25, 0.3) is 0 Å². The summed E-state index contributed by atoms with van der Waals surface area (Å²) in [6, 6.07) is 7.65. The number of hydrogen-bond donors (Lipinski definition) is 1. The Labute approximate surface area is 100 Å². The summed E-state index contributed by atoms with van der Waals surface area (Å²) in [5.74, 6) is 0.432. The van der Waals surface area contributed by atoms with Crippen molar-refractivity contribution >= 4 is 23.4 Å². The molecule has 1 aromatic rings. The van der Waals surface area contributed by atoms with Gasteiger partial charge in [-0.05, 0) is 19.1 Å². The lowest BCUT2D eigenvalue weighted by Gasteiger charge is -2.10. The van der Waals surface area contributed by atoms with Crippen LogP contribution in [0.3, 0.4) is 0 Å². The number of esters is 1. The first kappa shape index (κ1) is 12.9. The summed E-state index contributed by atoms with van der Waals surface area (Å²) in [5, 5.41) is 0. The van der Waals surface area contributed by atoms with Gasteiger partial charge in [0.05, 0.1) is 12.5 Å². The van der Waals surface area contributed by atoms with E-state index in [9.17, 15) is 4.79 Å². The molecule has 4 heteroatoms. The molecular formula is C12H17NO2S. The predicted molar refractivity (Wildman–Crippen MR) is 67.4 cm³/mol. The fourth-order valence-corrected chi connectivity index (χ4v) is 2.15. The zero-order valence-electron chi connectivity index (χ0n) is 9.60. The van der Waals surface area contributed by atoms with Crippen LogP contribution in [-0.4, -0.2) is 18.3 Å². The van der Waals surface area contributed by atoms with Crippen LogP contribution >= 0.6 is 11.8 Å². The molecule has 0 aliphatic heterocycles. The Morgan fingerprint density at radius 3 is 2.81 bits per heavy atom. The van der Waals surface area contributed by atoms with E-state index < -0.39 is 0 Å². The second-order valence-corrected chi connectivity index (χ2v) is 4.56. The summed E-state index contributed by atoms with van der Waals surface area (Å²) in [7, 11) is 0. The van der Waals surface area contributed by atoms with Gasteiger partial charge in [0.15, 0.2) is 0 Å². The highest BCUT2D eigenvalue weighted by atomic mass is 32.2. The lowest BCUT2D eigenvalue weighted by atomic mass is 10.2. The maximum absolute atomic E-state index is 11.4. The van der Waals surface area contributed by atoms with Crippen LogP contribution in [0, 0.1) is 5.92 Å². The molecule has 16 heavy (non-hydrogen) atoms. The van der Waals surface area contributed by atoms with E-state index >= 15 is 0 Å². The first-order chi connectivity index (χ1) is 7.65. The standard InChI is InChI=1S/C12H17NO2S/c1-3-15-12(14)9(2)8-16-11-7-5-4-6-10(11)13/h4-7,9H,3,8,13H2,1-2H3. The largest absolute Gasteiger partial charge is 0.466 e. The predicted octanol–water partition coefficient (Wildman–Crippen LogP) is 2.56. The number of ether oxygens (including phenoxy) is 1. The Balaban J connectivity index is 2.46. The zero-order valence-corrected chi connectivity index (χ0v) is 10.4. The molecule has 0 fully saturated rings. The third-order valence-corrected chi connectivity index (χ3v) is 3.45. The van der Waals surface area contributed by atoms with E-state index in [1.165, 1.54) is 0 Å². The summed E-state index contributed by atoms with van der Waals surface area (Å²) >= 11 is 1.58. The van der Waals surface area contributed by atoms with Crippen LogP contribution in [-0.2, 0) is 9.53 Å². The molecule has 0 saturated carbocycles. The Morgan fingerprint density at radius 2 is 2.19 bits per heavy atom. The Morgan fingerprint density at radius 1 is 1.50 bits per heavy atom. The number of nitrogens with two attached hydrogens (primary N) is 1. The van der Waals surface area contributed by atoms with Crippen molar-refractivity contribution in [2.75, 3.05) is 18.1 Å². The normalized spacial score (nSPS) is 12.1. The fraction of sp³-hybridized carbons (Fsp3) is 0.417. The molecule has 0 aromatic heterocycles. The van der Waals surface area contributed by atoms with Crippen molar-refractivity contribution in [3.63, 3.8) is 0 Å². The maximum atomic E-state index is 11.4. The lowest BCUT2D eigenvalue weighted by molar-refractivity contribution is -0.146. The minimum atomic E-state index is -0.149. The molecule has 0 aliphatic rings. The van der Waals surface area contributed by atoms with Crippen LogP contribution in [0.15, 0.2) is 29.2 Å². The number of nitrogen functional groups attached to an aromatic ring is 1. The highest BCUT2D eigenvalue weighted by Crippen LogP contribution is 2.26. The van der Waals surface area contributed by atoms with Crippen LogP contribution in [0.2, 0.25) is 0 Å². The molecule has 0 spiro atoms. The van der Waals surface area contributed by atoms with Gasteiger partial charge in [-0.1, -0.05) is 19.1 Å². The lowest BCUT2D eigenvalue weighted by Crippen LogP contribution is -2.16. The highest BCUT2D eigenvalue weighted by molar-refractivity contribution is 7.99. The average Bonchev–Trinajstić information content (AvgIpc) is 2.28. The molecule has 88 valence electrons. The summed E-state index contributed by atoms with van der Waals surface area (Å²) in [6.45, 7) is 4.11. The molecule has 2 N–H and O–H groups in total. The molecule has 1 rings (SSSR count). The van der Waals surface area contributed by atoms with Gasteiger partial charge in [0.2, 0.25) is 0 Å². The van der Waals surface area contributed by atoms with Gasteiger partial charge in [0, 0.05) is 16.3 Å². The number of benzene rings is 1. The van der Waals surface area contributed by atoms with Crippen LogP contribution in [0.1, 0.15) is 13.8 Å². The molecule has 0 heterocycles. The van der Waals surface area contributed by atoms with Gasteiger partial charge in [0.1, 0.15) is 0 Å². The van der Waals surface area contributed by atoms with Crippen molar-refractivity contribution in [1.29, 1.82) is 0 Å². The van der Waals surface area contributed by atoms with Crippen molar-refractivity contribution in [3.05, 3.63) is 24.3 Å². The minimum Gasteiger partial charge on any atom is -0.466 e. The van der Waals surface area contributed by atoms with Crippen molar-refractivity contribution < 1.29 is 9.53 Å². The fourth-order valence-electron chi connectivity index (χ4n) is 1.18. The smallest absolute Gasteiger partial charge is 0.309 e. The molecular weight excluding hydrogens is 222 g/mol. The van der Waals surface area contributed by atoms with E-state index in [-0.39, 0.29) is 11.9 Å². The topological polar surface area (TPSA) is 52.3 Å². The van der Waals surface area contributed by atoms with Gasteiger partial charge in [-0.25, -0.2) is 0 Å². The Kier molecular flexibility index (Phi) is 5.19. The quantitative estimate of drug-likeness (QED) is 0.487. The number of para-hydroxylation sites is 1. The molecule has 1 aromatic carbocycles. The van der Waals surface area contributed by atoms with Crippen LogP contribution < -0.4 is 5.73 Å². The maximum Gasteiger partial charge on any atom is 0.309 e. The van der Waals surface area contributed by atoms with Crippen molar-refractivity contribution in [2.45, 2.75) is 18.7 Å². The van der Waals surface area contributed by atoms with Gasteiger partial charge in [-0.15, -0.1) is 11.8 Å². The van der Waals surface area contributed by atoms with E-state index in [4.69, 9.17) is 10.5 Å². The SMILES string of the molecule is CCOC(=O)C(C)CSc1ccccc1N. The summed E-state index contributed by atoms with van der Waals surface area (Å²) in [5.41, 5.74) is 6.56. The van der Waals surface area contributed by atoms with Gasteiger partial charge in [-0.2, -0.15) is 0 Å². The van der Waals surface area contributed by atoms with Crippen molar-refractivity contribution in [3.8, 4) is 0 Å². The first-order valence-corrected chi connectivity index (χ1v) is 6.27. The summed E-state index contributed by atoms with van der Waals surface area (Å²) in [6.07, 6.45) is 0. The third kappa shape index (κ3) is 3.77. The second kappa shape index (κ2) is 6.43. The van der Waals surface area contributed by atoms with E-state index in [1.807, 2.05) is 38.1 Å². The molecule has 0 radical (unpaired) electrons. The Bertz CT molecular complexity index is 355. The van der Waals surface area contributed by atoms with Gasteiger partial charge in [-0.3, -0.25) is 4.79 Å². The van der Waals surface area contributed by atoms with E-state index in [0.29, 0.717) is 12.4 Å². The van der Waals surface area contributed by atoms with E-state index in [1.54, 1.807) is 11.8 Å². The van der Waals surface area contributed by atoms with Crippen molar-refractivity contribution in [2.24, 2.45) is 5.92 Å². The molecule has 0 bridgehead atoms. The van der Waals surface area contributed by atoms with E-state index in [0.717, 1.165) is 10.6 Å². The summed E-state index contributed by atoms with van der Waals surface area (Å²) in [4.78, 5) is 12.4. The number of hydrogen-bond acceptors (Lipinski definition) is 4. The summed E-state index contributed by atoms with van der Waals surface area (Å²) < 4.78 is 4.94. The van der Waals surface area contributed by atoms with Crippen molar-refractivity contribution in [1.82, 2.24) is 0 Å². The number of anilines is 1. The number of carbonyl (C=O) groups is 1. The van der Waals surface area contributed by atoms with Gasteiger partial charge in [0.25, 0.3) is 0 Å². The number of thioether (sulfide) groups is 1. The monoisotopic (exact) mass is 239 g/mol. The zero-order chi connectivity index (χ0) is 12.0. The molecule has 1 unspecified atom stereocenters. The highest BCUT2D eigenvalue weighted by Gasteiger charge is 2.14.